The molecule has 2 rings (SSSR count). The fourth-order valence-electron chi connectivity index (χ4n) is 2.10. The van der Waals surface area contributed by atoms with Gasteiger partial charge in [-0.3, -0.25) is 4.79 Å². The molecule has 0 saturated carbocycles. The molecule has 24 heavy (non-hydrogen) atoms. The molecule has 6 nitrogen and oxygen atoms in total. The summed E-state index contributed by atoms with van der Waals surface area (Å²) >= 11 is 0. The van der Waals surface area contributed by atoms with Crippen molar-refractivity contribution in [3.05, 3.63) is 48.0 Å². The Bertz CT molecular complexity index is 842. The summed E-state index contributed by atoms with van der Waals surface area (Å²) in [6.45, 7) is 1.70. The van der Waals surface area contributed by atoms with Crippen LogP contribution in [0.3, 0.4) is 0 Å². The molecular weight excluding hydrogens is 332 g/mol. The number of carbonyl (C=O) groups is 1. The van der Waals surface area contributed by atoms with Crippen LogP contribution in [-0.2, 0) is 10.1 Å². The molecule has 0 heterocycles. The second-order valence-electron chi connectivity index (χ2n) is 4.83. The van der Waals surface area contributed by atoms with Crippen LogP contribution in [-0.4, -0.2) is 28.4 Å². The largest absolute Gasteiger partial charge is 0.493 e. The molecule has 0 bridgehead atoms. The lowest BCUT2D eigenvalue weighted by Gasteiger charge is -2.12. The Hall–Kier alpha value is -2.54. The van der Waals surface area contributed by atoms with Gasteiger partial charge in [0.2, 0.25) is 0 Å². The van der Waals surface area contributed by atoms with Crippen molar-refractivity contribution >= 4 is 15.9 Å². The fraction of sp³-hybridized carbons (Fsp3) is 0.235. The zero-order valence-corrected chi connectivity index (χ0v) is 14.4. The molecule has 0 N–H and O–H groups in total. The van der Waals surface area contributed by atoms with E-state index in [0.717, 1.165) is 0 Å². The van der Waals surface area contributed by atoms with Crippen molar-refractivity contribution in [2.75, 3.05) is 14.2 Å². The van der Waals surface area contributed by atoms with Gasteiger partial charge in [-0.1, -0.05) is 19.1 Å². The van der Waals surface area contributed by atoms with Gasteiger partial charge in [-0.15, -0.1) is 0 Å². The van der Waals surface area contributed by atoms with E-state index in [4.69, 9.17) is 13.7 Å². The summed E-state index contributed by atoms with van der Waals surface area (Å²) in [5.41, 5.74) is 0.226. The molecule has 0 amide bonds. The molecular formula is C17H18O6S. The van der Waals surface area contributed by atoms with Crippen LogP contribution in [0.15, 0.2) is 47.4 Å². The number of rotatable bonds is 7. The summed E-state index contributed by atoms with van der Waals surface area (Å²) in [7, 11) is -1.26. The number of para-hydroxylation sites is 1. The third-order valence-corrected chi connectivity index (χ3v) is 4.58. The third kappa shape index (κ3) is 3.68. The van der Waals surface area contributed by atoms with E-state index in [1.165, 1.54) is 44.6 Å². The number of methoxy groups -OCH3 is 2. The first-order chi connectivity index (χ1) is 11.4. The molecule has 7 heteroatoms. The van der Waals surface area contributed by atoms with Gasteiger partial charge in [0.1, 0.15) is 4.90 Å². The SMILES string of the molecule is CCC(=O)c1ccccc1OS(=O)(=O)c1ccc(OC)c(OC)c1. The Kier molecular flexibility index (Phi) is 5.46. The van der Waals surface area contributed by atoms with Crippen molar-refractivity contribution in [3.63, 3.8) is 0 Å². The minimum absolute atomic E-state index is 0.000801. The smallest absolute Gasteiger partial charge is 0.339 e. The Balaban J connectivity index is 2.41. The van der Waals surface area contributed by atoms with E-state index in [0.29, 0.717) is 5.75 Å². The topological polar surface area (TPSA) is 78.9 Å². The molecule has 2 aromatic carbocycles. The highest BCUT2D eigenvalue weighted by Gasteiger charge is 2.22. The average molecular weight is 350 g/mol. The number of ketones is 1. The molecule has 128 valence electrons. The first kappa shape index (κ1) is 17.8. The lowest BCUT2D eigenvalue weighted by atomic mass is 10.1. The van der Waals surface area contributed by atoms with Gasteiger partial charge in [-0.25, -0.2) is 0 Å². The predicted molar refractivity (Wildman–Crippen MR) is 88.4 cm³/mol. The van der Waals surface area contributed by atoms with E-state index in [1.807, 2.05) is 0 Å². The second kappa shape index (κ2) is 7.35. The van der Waals surface area contributed by atoms with Gasteiger partial charge in [-0.2, -0.15) is 8.42 Å². The van der Waals surface area contributed by atoms with Crippen LogP contribution in [0.2, 0.25) is 0 Å². The molecule has 0 unspecified atom stereocenters. The maximum atomic E-state index is 12.5. The Morgan fingerprint density at radius 3 is 2.25 bits per heavy atom. The van der Waals surface area contributed by atoms with E-state index in [9.17, 15) is 13.2 Å². The van der Waals surface area contributed by atoms with E-state index < -0.39 is 10.1 Å². The summed E-state index contributed by atoms with van der Waals surface area (Å²) < 4.78 is 40.4. The lowest BCUT2D eigenvalue weighted by Crippen LogP contribution is -2.12. The Morgan fingerprint density at radius 2 is 1.62 bits per heavy atom. The minimum Gasteiger partial charge on any atom is -0.493 e. The Morgan fingerprint density at radius 1 is 0.958 bits per heavy atom. The molecule has 0 atom stereocenters. The van der Waals surface area contributed by atoms with Crippen LogP contribution in [0.4, 0.5) is 0 Å². The van der Waals surface area contributed by atoms with Gasteiger partial charge in [-0.05, 0) is 24.3 Å². The zero-order chi connectivity index (χ0) is 17.7. The quantitative estimate of drug-likeness (QED) is 0.564. The molecule has 0 spiro atoms. The number of ether oxygens (including phenoxy) is 2. The number of hydrogen-bond acceptors (Lipinski definition) is 6. The summed E-state index contributed by atoms with van der Waals surface area (Å²) in [6.07, 6.45) is 0.247. The first-order valence-corrected chi connectivity index (χ1v) is 8.62. The van der Waals surface area contributed by atoms with Crippen LogP contribution in [0.25, 0.3) is 0 Å². The maximum Gasteiger partial charge on any atom is 0.339 e. The van der Waals surface area contributed by atoms with E-state index in [2.05, 4.69) is 0 Å². The van der Waals surface area contributed by atoms with E-state index in [-0.39, 0.29) is 34.2 Å². The molecule has 0 aliphatic rings. The summed E-state index contributed by atoms with van der Waals surface area (Å²) in [5, 5.41) is 0. The average Bonchev–Trinajstić information content (AvgIpc) is 2.60. The van der Waals surface area contributed by atoms with Crippen LogP contribution in [0.5, 0.6) is 17.2 Å². The van der Waals surface area contributed by atoms with Gasteiger partial charge in [0.25, 0.3) is 0 Å². The Labute approximate surface area is 141 Å². The second-order valence-corrected chi connectivity index (χ2v) is 6.37. The third-order valence-electron chi connectivity index (χ3n) is 3.35. The monoisotopic (exact) mass is 350 g/mol. The lowest BCUT2D eigenvalue weighted by molar-refractivity contribution is 0.0986. The van der Waals surface area contributed by atoms with Crippen molar-refractivity contribution < 1.29 is 26.9 Å². The van der Waals surface area contributed by atoms with Crippen LogP contribution < -0.4 is 13.7 Å². The molecule has 0 aromatic heterocycles. The van der Waals surface area contributed by atoms with Crippen molar-refractivity contribution in [2.24, 2.45) is 0 Å². The van der Waals surface area contributed by atoms with Crippen LogP contribution in [0.1, 0.15) is 23.7 Å². The van der Waals surface area contributed by atoms with Gasteiger partial charge in [0.15, 0.2) is 23.0 Å². The highest BCUT2D eigenvalue weighted by Crippen LogP contribution is 2.31. The molecule has 0 fully saturated rings. The maximum absolute atomic E-state index is 12.5. The van der Waals surface area contributed by atoms with Gasteiger partial charge >= 0.3 is 10.1 Å². The molecule has 0 saturated heterocycles. The van der Waals surface area contributed by atoms with Crippen LogP contribution >= 0.6 is 0 Å². The standard InChI is InChI=1S/C17H18O6S/c1-4-14(18)13-7-5-6-8-15(13)23-24(19,20)12-9-10-16(21-2)17(11-12)22-3/h5-11H,4H2,1-3H3. The van der Waals surface area contributed by atoms with Crippen molar-refractivity contribution in [2.45, 2.75) is 18.2 Å². The highest BCUT2D eigenvalue weighted by atomic mass is 32.2. The highest BCUT2D eigenvalue weighted by molar-refractivity contribution is 7.87. The normalized spacial score (nSPS) is 11.0. The summed E-state index contributed by atoms with van der Waals surface area (Å²) in [6, 6.07) is 10.4. The van der Waals surface area contributed by atoms with Crippen molar-refractivity contribution in [1.82, 2.24) is 0 Å². The summed E-state index contributed by atoms with van der Waals surface area (Å²) in [4.78, 5) is 11.8. The molecule has 0 aliphatic carbocycles. The molecule has 0 aliphatic heterocycles. The number of benzene rings is 2. The molecule has 2 aromatic rings. The van der Waals surface area contributed by atoms with Gasteiger partial charge in [0.05, 0.1) is 19.8 Å². The fourth-order valence-corrected chi connectivity index (χ4v) is 3.06. The van der Waals surface area contributed by atoms with Crippen molar-refractivity contribution in [1.29, 1.82) is 0 Å². The molecule has 0 radical (unpaired) electrons. The minimum atomic E-state index is -4.12. The first-order valence-electron chi connectivity index (χ1n) is 7.21. The van der Waals surface area contributed by atoms with E-state index >= 15 is 0 Å². The zero-order valence-electron chi connectivity index (χ0n) is 13.6. The van der Waals surface area contributed by atoms with Crippen LogP contribution in [0, 0.1) is 0 Å². The summed E-state index contributed by atoms with van der Waals surface area (Å²) in [5.74, 6) is 0.463. The van der Waals surface area contributed by atoms with Gasteiger partial charge in [0, 0.05) is 12.5 Å². The predicted octanol–water partition coefficient (Wildman–Crippen LogP) is 3.06. The van der Waals surface area contributed by atoms with E-state index in [1.54, 1.807) is 19.1 Å². The van der Waals surface area contributed by atoms with Gasteiger partial charge < -0.3 is 13.7 Å². The number of carbonyl (C=O) groups excluding carboxylic acids is 1. The number of hydrogen-bond donors (Lipinski definition) is 0. The number of Topliss-reactive ketones (excluding diaryl/α,β-unsaturated/α-hetero) is 1. The van der Waals surface area contributed by atoms with Crippen molar-refractivity contribution in [3.8, 4) is 17.2 Å².